The topological polar surface area (TPSA) is 26.8 Å². The number of piperazine rings is 1. The molecule has 0 radical (unpaired) electrons. The molecular weight excluding hydrogens is 490 g/mol. The summed E-state index contributed by atoms with van der Waals surface area (Å²) >= 11 is 0. The third-order valence-corrected chi connectivity index (χ3v) is 9.07. The Morgan fingerprint density at radius 2 is 1.43 bits per heavy atom. The molecule has 2 aliphatic rings. The summed E-state index contributed by atoms with van der Waals surface area (Å²) in [6, 6.07) is 28.9. The van der Waals surface area contributed by atoms with Gasteiger partial charge in [0.05, 0.1) is 0 Å². The third-order valence-electron chi connectivity index (χ3n) is 9.07. The molecule has 2 fully saturated rings. The molecule has 1 saturated heterocycles. The number of hydrogen-bond acceptors (Lipinski definition) is 3. The average molecular weight is 538 g/mol. The van der Waals surface area contributed by atoms with Crippen LogP contribution in [0, 0.1) is 6.92 Å². The molecule has 0 N–H and O–H groups in total. The van der Waals surface area contributed by atoms with Crippen molar-refractivity contribution >= 4 is 11.6 Å². The monoisotopic (exact) mass is 537 g/mol. The van der Waals surface area contributed by atoms with Crippen LogP contribution in [0.1, 0.15) is 85.3 Å². The highest BCUT2D eigenvalue weighted by Gasteiger charge is 2.29. The Balaban J connectivity index is 1.23. The van der Waals surface area contributed by atoms with Gasteiger partial charge in [-0.2, -0.15) is 0 Å². The summed E-state index contributed by atoms with van der Waals surface area (Å²) in [5.74, 6) is 0.619. The molecule has 1 amide bonds. The number of anilines is 1. The molecule has 1 aliphatic heterocycles. The number of hydrogen-bond donors (Lipinski definition) is 0. The van der Waals surface area contributed by atoms with Crippen molar-refractivity contribution in [3.8, 4) is 0 Å². The van der Waals surface area contributed by atoms with Crippen molar-refractivity contribution in [3.05, 3.63) is 101 Å². The standard InChI is InChI=1S/C36H47N3O/c1-28(2)39(33-17-11-6-12-18-33)36(40)32-20-19-29(3)35(27-32)38-25-23-37(24-26-38)22-21-34(30-13-7-4-8-14-30)31-15-9-5-10-16-31/h4-5,7-10,13-16,19-20,27-28,33-34H,6,11-12,17-18,21-26H2,1-3H3. The third kappa shape index (κ3) is 6.78. The maximum atomic E-state index is 13.8. The zero-order chi connectivity index (χ0) is 27.9. The minimum absolute atomic E-state index is 0.203. The Hall–Kier alpha value is -3.11. The maximum Gasteiger partial charge on any atom is 0.254 e. The summed E-state index contributed by atoms with van der Waals surface area (Å²) in [4.78, 5) is 21.0. The first kappa shape index (κ1) is 28.4. The second kappa shape index (κ2) is 13.5. The number of benzene rings is 3. The van der Waals surface area contributed by atoms with E-state index in [1.165, 1.54) is 41.6 Å². The Morgan fingerprint density at radius 1 is 0.825 bits per heavy atom. The maximum absolute atomic E-state index is 13.8. The fourth-order valence-electron chi connectivity index (χ4n) is 6.83. The van der Waals surface area contributed by atoms with Crippen LogP contribution >= 0.6 is 0 Å². The molecule has 0 unspecified atom stereocenters. The van der Waals surface area contributed by atoms with Crippen LogP contribution in [-0.4, -0.2) is 60.5 Å². The van der Waals surface area contributed by atoms with Crippen LogP contribution in [0.3, 0.4) is 0 Å². The van der Waals surface area contributed by atoms with Gasteiger partial charge in [-0.3, -0.25) is 9.69 Å². The summed E-state index contributed by atoms with van der Waals surface area (Å²) in [5.41, 5.74) is 6.12. The van der Waals surface area contributed by atoms with Crippen molar-refractivity contribution in [3.63, 3.8) is 0 Å². The molecule has 0 aromatic heterocycles. The van der Waals surface area contributed by atoms with Crippen LogP contribution in [0.4, 0.5) is 5.69 Å². The van der Waals surface area contributed by atoms with Crippen LogP contribution < -0.4 is 4.90 Å². The van der Waals surface area contributed by atoms with Gasteiger partial charge in [0, 0.05) is 55.4 Å². The number of nitrogens with zero attached hydrogens (tertiary/aromatic N) is 3. The highest BCUT2D eigenvalue weighted by molar-refractivity contribution is 5.96. The lowest BCUT2D eigenvalue weighted by Crippen LogP contribution is -2.47. The van der Waals surface area contributed by atoms with Gasteiger partial charge in [-0.05, 0) is 75.4 Å². The second-order valence-electron chi connectivity index (χ2n) is 12.1. The van der Waals surface area contributed by atoms with E-state index in [2.05, 4.69) is 108 Å². The summed E-state index contributed by atoms with van der Waals surface area (Å²) < 4.78 is 0. The van der Waals surface area contributed by atoms with Crippen molar-refractivity contribution in [2.45, 2.75) is 77.3 Å². The molecule has 5 rings (SSSR count). The first-order valence-corrected chi connectivity index (χ1v) is 15.5. The zero-order valence-corrected chi connectivity index (χ0v) is 24.8. The molecule has 3 aromatic carbocycles. The second-order valence-corrected chi connectivity index (χ2v) is 12.1. The van der Waals surface area contributed by atoms with Gasteiger partial charge < -0.3 is 9.80 Å². The van der Waals surface area contributed by atoms with Crippen molar-refractivity contribution in [2.75, 3.05) is 37.6 Å². The summed E-state index contributed by atoms with van der Waals surface area (Å²) in [6.45, 7) is 11.7. The molecule has 0 spiro atoms. The van der Waals surface area contributed by atoms with Crippen LogP contribution in [-0.2, 0) is 0 Å². The van der Waals surface area contributed by atoms with E-state index in [4.69, 9.17) is 0 Å². The molecule has 4 nitrogen and oxygen atoms in total. The molecule has 0 bridgehead atoms. The van der Waals surface area contributed by atoms with E-state index in [1.54, 1.807) is 0 Å². The lowest BCUT2D eigenvalue weighted by molar-refractivity contribution is 0.0555. The number of amides is 1. The van der Waals surface area contributed by atoms with E-state index in [0.717, 1.165) is 57.5 Å². The number of rotatable bonds is 9. The highest BCUT2D eigenvalue weighted by Crippen LogP contribution is 2.30. The molecule has 1 saturated carbocycles. The van der Waals surface area contributed by atoms with E-state index in [1.807, 2.05) is 6.07 Å². The van der Waals surface area contributed by atoms with Gasteiger partial charge in [0.2, 0.25) is 0 Å². The molecule has 4 heteroatoms. The Bertz CT molecular complexity index is 1170. The van der Waals surface area contributed by atoms with Crippen LogP contribution in [0.5, 0.6) is 0 Å². The van der Waals surface area contributed by atoms with Gasteiger partial charge in [-0.1, -0.05) is 86.0 Å². The van der Waals surface area contributed by atoms with E-state index < -0.39 is 0 Å². The number of carbonyl (C=O) groups is 1. The van der Waals surface area contributed by atoms with E-state index in [0.29, 0.717) is 12.0 Å². The molecule has 1 aliphatic carbocycles. The average Bonchev–Trinajstić information content (AvgIpc) is 2.99. The van der Waals surface area contributed by atoms with E-state index in [-0.39, 0.29) is 11.9 Å². The molecule has 1 heterocycles. The predicted octanol–water partition coefficient (Wildman–Crippen LogP) is 7.52. The Morgan fingerprint density at radius 3 is 2.00 bits per heavy atom. The molecule has 212 valence electrons. The predicted molar refractivity (Wildman–Crippen MR) is 167 cm³/mol. The van der Waals surface area contributed by atoms with Crippen molar-refractivity contribution < 1.29 is 4.79 Å². The molecular formula is C36H47N3O. The molecule has 0 atom stereocenters. The summed E-state index contributed by atoms with van der Waals surface area (Å²) in [5, 5.41) is 0. The smallest absolute Gasteiger partial charge is 0.254 e. The minimum atomic E-state index is 0.203. The fraction of sp³-hybridized carbons (Fsp3) is 0.472. The molecule has 40 heavy (non-hydrogen) atoms. The SMILES string of the molecule is Cc1ccc(C(=O)N(C(C)C)C2CCCCC2)cc1N1CCN(CCC(c2ccccc2)c2ccccc2)CC1. The van der Waals surface area contributed by atoms with Crippen LogP contribution in [0.15, 0.2) is 78.9 Å². The van der Waals surface area contributed by atoms with E-state index >= 15 is 0 Å². The van der Waals surface area contributed by atoms with Gasteiger partial charge >= 0.3 is 0 Å². The lowest BCUT2D eigenvalue weighted by Gasteiger charge is -2.39. The van der Waals surface area contributed by atoms with Gasteiger partial charge in [0.1, 0.15) is 0 Å². The van der Waals surface area contributed by atoms with Crippen LogP contribution in [0.25, 0.3) is 0 Å². The zero-order valence-electron chi connectivity index (χ0n) is 24.8. The van der Waals surface area contributed by atoms with Gasteiger partial charge in [-0.25, -0.2) is 0 Å². The summed E-state index contributed by atoms with van der Waals surface area (Å²) in [7, 11) is 0. The van der Waals surface area contributed by atoms with Crippen molar-refractivity contribution in [2.24, 2.45) is 0 Å². The van der Waals surface area contributed by atoms with E-state index in [9.17, 15) is 4.79 Å². The lowest BCUT2D eigenvalue weighted by atomic mass is 9.88. The first-order chi connectivity index (χ1) is 19.5. The summed E-state index contributed by atoms with van der Waals surface area (Å²) in [6.07, 6.45) is 7.17. The van der Waals surface area contributed by atoms with Gasteiger partial charge in [-0.15, -0.1) is 0 Å². The largest absolute Gasteiger partial charge is 0.369 e. The number of carbonyl (C=O) groups excluding carboxylic acids is 1. The van der Waals surface area contributed by atoms with Crippen LogP contribution in [0.2, 0.25) is 0 Å². The van der Waals surface area contributed by atoms with Crippen molar-refractivity contribution in [1.82, 2.24) is 9.80 Å². The normalized spacial score (nSPS) is 17.0. The fourth-order valence-corrected chi connectivity index (χ4v) is 6.83. The highest BCUT2D eigenvalue weighted by atomic mass is 16.2. The van der Waals surface area contributed by atoms with Gasteiger partial charge in [0.15, 0.2) is 0 Å². The Labute approximate surface area is 242 Å². The quantitative estimate of drug-likeness (QED) is 0.282. The van der Waals surface area contributed by atoms with Gasteiger partial charge in [0.25, 0.3) is 5.91 Å². The number of aryl methyl sites for hydroxylation is 1. The Kier molecular flexibility index (Phi) is 9.59. The minimum Gasteiger partial charge on any atom is -0.369 e. The van der Waals surface area contributed by atoms with Crippen molar-refractivity contribution in [1.29, 1.82) is 0 Å². The molecule has 3 aromatic rings. The first-order valence-electron chi connectivity index (χ1n) is 15.5.